The number of aliphatic hydroxyl groups excluding tert-OH is 1. The second-order valence-electron chi connectivity index (χ2n) is 8.87. The molecule has 4 N–H and O–H groups in total. The van der Waals surface area contributed by atoms with Crippen molar-refractivity contribution in [3.05, 3.63) is 58.5 Å². The number of likely N-dealkylation sites (tertiary alicyclic amines) is 1. The Labute approximate surface area is 199 Å². The lowest BCUT2D eigenvalue weighted by molar-refractivity contribution is 0.132. The summed E-state index contributed by atoms with van der Waals surface area (Å²) in [6.07, 6.45) is 5.91. The maximum absolute atomic E-state index is 10.8. The molecule has 5 rings (SSSR count). The Morgan fingerprint density at radius 3 is 3.03 bits per heavy atom. The van der Waals surface area contributed by atoms with Crippen LogP contribution in [-0.4, -0.2) is 52.8 Å². The van der Waals surface area contributed by atoms with Crippen LogP contribution < -0.4 is 15.4 Å². The van der Waals surface area contributed by atoms with Crippen LogP contribution in [0.4, 0.5) is 11.4 Å². The molecular formula is C25H30ClN5O2. The average molecular weight is 468 g/mol. The quantitative estimate of drug-likeness (QED) is 0.430. The van der Waals surface area contributed by atoms with Crippen LogP contribution >= 0.6 is 11.6 Å². The van der Waals surface area contributed by atoms with Crippen molar-refractivity contribution in [3.8, 4) is 17.0 Å². The van der Waals surface area contributed by atoms with Crippen molar-refractivity contribution in [2.45, 2.75) is 38.5 Å². The number of aromatic amines is 1. The van der Waals surface area contributed by atoms with Gasteiger partial charge in [-0.25, -0.2) is 0 Å². The summed E-state index contributed by atoms with van der Waals surface area (Å²) in [6, 6.07) is 8.16. The summed E-state index contributed by atoms with van der Waals surface area (Å²) < 4.78 is 6.30. The fourth-order valence-corrected chi connectivity index (χ4v) is 4.96. The van der Waals surface area contributed by atoms with E-state index in [-0.39, 0.29) is 0 Å². The van der Waals surface area contributed by atoms with Gasteiger partial charge in [-0.3, -0.25) is 10.3 Å². The monoisotopic (exact) mass is 467 g/mol. The topological polar surface area (TPSA) is 85.4 Å². The van der Waals surface area contributed by atoms with Crippen LogP contribution in [0.15, 0.2) is 36.7 Å². The summed E-state index contributed by atoms with van der Waals surface area (Å²) in [5, 5.41) is 18.2. The highest BCUT2D eigenvalue weighted by Crippen LogP contribution is 2.43. The first-order valence-corrected chi connectivity index (χ1v) is 11.9. The van der Waals surface area contributed by atoms with E-state index >= 15 is 0 Å². The van der Waals surface area contributed by atoms with Crippen LogP contribution in [0.5, 0.6) is 5.75 Å². The highest BCUT2D eigenvalue weighted by atomic mass is 35.5. The van der Waals surface area contributed by atoms with Crippen LogP contribution in [0, 0.1) is 6.92 Å². The van der Waals surface area contributed by atoms with Crippen LogP contribution in [-0.2, 0) is 6.42 Å². The lowest BCUT2D eigenvalue weighted by atomic mass is 10.0. The number of nitrogens with one attached hydrogen (secondary N) is 3. The highest BCUT2D eigenvalue weighted by Gasteiger charge is 2.29. The molecule has 1 unspecified atom stereocenters. The fourth-order valence-electron chi connectivity index (χ4n) is 4.79. The van der Waals surface area contributed by atoms with Gasteiger partial charge in [-0.15, -0.1) is 0 Å². The summed E-state index contributed by atoms with van der Waals surface area (Å²) in [6.45, 7) is 4.42. The average Bonchev–Trinajstić information content (AvgIpc) is 3.39. The number of aliphatic hydroxyl groups is 1. The summed E-state index contributed by atoms with van der Waals surface area (Å²) >= 11 is 6.38. The largest absolute Gasteiger partial charge is 0.490 e. The number of anilines is 2. The molecule has 33 heavy (non-hydrogen) atoms. The Morgan fingerprint density at radius 1 is 1.33 bits per heavy atom. The van der Waals surface area contributed by atoms with Crippen molar-refractivity contribution in [2.75, 3.05) is 32.1 Å². The van der Waals surface area contributed by atoms with Gasteiger partial charge in [0.15, 0.2) is 0 Å². The molecule has 2 aliphatic rings. The molecule has 0 amide bonds. The van der Waals surface area contributed by atoms with Crippen LogP contribution in [0.1, 0.15) is 35.9 Å². The van der Waals surface area contributed by atoms with Gasteiger partial charge in [-0.05, 0) is 57.1 Å². The van der Waals surface area contributed by atoms with Crippen molar-refractivity contribution < 1.29 is 9.84 Å². The molecule has 0 saturated carbocycles. The van der Waals surface area contributed by atoms with E-state index in [1.807, 2.05) is 31.2 Å². The van der Waals surface area contributed by atoms with Crippen molar-refractivity contribution in [1.29, 1.82) is 0 Å². The number of likely N-dealkylation sites (N-methyl/N-ethyl adjacent to an activating group) is 1. The predicted octanol–water partition coefficient (Wildman–Crippen LogP) is 4.39. The van der Waals surface area contributed by atoms with E-state index in [0.717, 1.165) is 64.6 Å². The third-order valence-electron chi connectivity index (χ3n) is 6.79. The Hall–Kier alpha value is -2.58. The van der Waals surface area contributed by atoms with E-state index in [1.165, 1.54) is 6.42 Å². The molecular weight excluding hydrogens is 438 g/mol. The number of pyridine rings is 1. The highest BCUT2D eigenvalue weighted by molar-refractivity contribution is 6.31. The van der Waals surface area contributed by atoms with Crippen molar-refractivity contribution in [3.63, 3.8) is 0 Å². The first kappa shape index (κ1) is 22.2. The number of ether oxygens (including phenoxy) is 1. The molecule has 7 nitrogen and oxygen atoms in total. The third-order valence-corrected chi connectivity index (χ3v) is 7.20. The van der Waals surface area contributed by atoms with Crippen molar-refractivity contribution >= 4 is 23.0 Å². The van der Waals surface area contributed by atoms with Crippen molar-refractivity contribution in [1.82, 2.24) is 20.2 Å². The van der Waals surface area contributed by atoms with Gasteiger partial charge in [-0.2, -0.15) is 0 Å². The molecule has 4 heterocycles. The van der Waals surface area contributed by atoms with Gasteiger partial charge >= 0.3 is 0 Å². The minimum absolute atomic E-state index is 0.410. The number of fused-ring (bicyclic) bond motifs is 1. The number of hydrogen-bond acceptors (Lipinski definition) is 6. The van der Waals surface area contributed by atoms with Gasteiger partial charge in [0.2, 0.25) is 0 Å². The molecule has 3 aromatic rings. The van der Waals surface area contributed by atoms with Gasteiger partial charge < -0.3 is 25.0 Å². The fraction of sp³-hybridized carbons (Fsp3) is 0.400. The number of rotatable bonds is 6. The summed E-state index contributed by atoms with van der Waals surface area (Å²) in [5.41, 5.74) is 6.30. The summed E-state index contributed by atoms with van der Waals surface area (Å²) in [5.74, 6) is 0.727. The smallest absolute Gasteiger partial charge is 0.147 e. The number of nitrogens with zero attached hydrogens (tertiary/aromatic N) is 2. The van der Waals surface area contributed by atoms with Crippen LogP contribution in [0.25, 0.3) is 11.3 Å². The molecule has 0 bridgehead atoms. The Bertz CT molecular complexity index is 1150. The van der Waals surface area contributed by atoms with Gasteiger partial charge in [0.05, 0.1) is 17.6 Å². The van der Waals surface area contributed by atoms with Gasteiger partial charge in [0, 0.05) is 52.7 Å². The SMILES string of the molecule is Cc1c(Cl)cccc1Nc1c(-c2ccncc2OC[C@@H]2CCCN2C)[nH]c2c1C(O)NCC2. The van der Waals surface area contributed by atoms with Crippen molar-refractivity contribution in [2.24, 2.45) is 0 Å². The standard InChI is InChI=1S/C25H30ClN5O2/c1-15-18(26)6-3-7-19(15)29-24-22-20(9-11-28-25(22)32)30-23(24)17-8-10-27-13-21(17)33-14-16-5-4-12-31(16)2/h3,6-8,10,13,16,25,28-30,32H,4-5,9,11-12,14H2,1-2H3/t16-,25?/m0/s1. The van der Waals surface area contributed by atoms with Gasteiger partial charge in [-0.1, -0.05) is 17.7 Å². The molecule has 1 fully saturated rings. The van der Waals surface area contributed by atoms with Gasteiger partial charge in [0.1, 0.15) is 18.6 Å². The van der Waals surface area contributed by atoms with E-state index in [0.29, 0.717) is 24.2 Å². The van der Waals surface area contributed by atoms with E-state index in [1.54, 1.807) is 12.4 Å². The minimum atomic E-state index is -0.765. The van der Waals surface area contributed by atoms with Gasteiger partial charge in [0.25, 0.3) is 0 Å². The zero-order chi connectivity index (χ0) is 22.9. The second-order valence-corrected chi connectivity index (χ2v) is 9.28. The first-order valence-electron chi connectivity index (χ1n) is 11.5. The molecule has 174 valence electrons. The van der Waals surface area contributed by atoms with Crippen LogP contribution in [0.3, 0.4) is 0 Å². The number of benzene rings is 1. The lowest BCUT2D eigenvalue weighted by Gasteiger charge is -2.22. The summed E-state index contributed by atoms with van der Waals surface area (Å²) in [7, 11) is 2.15. The Kier molecular flexibility index (Phi) is 6.29. The number of halogens is 1. The summed E-state index contributed by atoms with van der Waals surface area (Å²) in [4.78, 5) is 10.2. The zero-order valence-electron chi connectivity index (χ0n) is 19.0. The van der Waals surface area contributed by atoms with E-state index in [4.69, 9.17) is 16.3 Å². The second kappa shape index (κ2) is 9.35. The molecule has 2 atom stereocenters. The number of H-pyrrole nitrogens is 1. The molecule has 1 saturated heterocycles. The van der Waals surface area contributed by atoms with E-state index < -0.39 is 6.23 Å². The molecule has 1 aromatic carbocycles. The number of hydrogen-bond donors (Lipinski definition) is 4. The maximum Gasteiger partial charge on any atom is 0.147 e. The molecule has 0 aliphatic carbocycles. The predicted molar refractivity (Wildman–Crippen MR) is 131 cm³/mol. The Morgan fingerprint density at radius 2 is 2.21 bits per heavy atom. The molecule has 8 heteroatoms. The van der Waals surface area contributed by atoms with E-state index in [9.17, 15) is 5.11 Å². The van der Waals surface area contributed by atoms with E-state index in [2.05, 4.69) is 32.5 Å². The molecule has 0 spiro atoms. The zero-order valence-corrected chi connectivity index (χ0v) is 19.7. The Balaban J connectivity index is 1.55. The molecule has 2 aliphatic heterocycles. The first-order chi connectivity index (χ1) is 16.0. The third kappa shape index (κ3) is 4.34. The van der Waals surface area contributed by atoms with Crippen LogP contribution in [0.2, 0.25) is 5.02 Å². The number of aromatic nitrogens is 2. The normalized spacial score (nSPS) is 20.6. The molecule has 2 aromatic heterocycles. The molecule has 0 radical (unpaired) electrons. The minimum Gasteiger partial charge on any atom is -0.490 e. The maximum atomic E-state index is 10.8. The lowest BCUT2D eigenvalue weighted by Crippen LogP contribution is -2.30.